The third-order valence-corrected chi connectivity index (χ3v) is 3.78. The topological polar surface area (TPSA) is 83.0 Å². The van der Waals surface area contributed by atoms with Crippen molar-refractivity contribution in [3.05, 3.63) is 28.4 Å². The number of aliphatic hydroxyl groups excluding tert-OH is 1. The van der Waals surface area contributed by atoms with Gasteiger partial charge in [0.25, 0.3) is 0 Å². The van der Waals surface area contributed by atoms with Gasteiger partial charge in [-0.25, -0.2) is 0 Å². The van der Waals surface area contributed by atoms with E-state index in [1.807, 2.05) is 0 Å². The number of aromatic amines is 1. The van der Waals surface area contributed by atoms with E-state index >= 15 is 0 Å². The van der Waals surface area contributed by atoms with Crippen LogP contribution in [0.4, 0.5) is 0 Å². The zero-order chi connectivity index (χ0) is 13.0. The second kappa shape index (κ2) is 5.97. The van der Waals surface area contributed by atoms with Crippen LogP contribution in [-0.4, -0.2) is 39.2 Å². The number of hydrogen-bond donors (Lipinski definition) is 2. The Bertz CT molecular complexity index is 493. The highest BCUT2D eigenvalue weighted by Gasteiger charge is 2.27. The van der Waals surface area contributed by atoms with Gasteiger partial charge in [-0.05, 0) is 18.6 Å². The van der Waals surface area contributed by atoms with E-state index in [0.29, 0.717) is 10.5 Å². The number of aliphatic hydroxyl groups is 1. The first-order valence-electron chi connectivity index (χ1n) is 5.82. The lowest BCUT2D eigenvalue weighted by Crippen LogP contribution is -2.14. The van der Waals surface area contributed by atoms with Crippen molar-refractivity contribution in [3.8, 4) is 0 Å². The molecule has 0 unspecified atom stereocenters. The number of hydrogen-bond acceptors (Lipinski definition) is 5. The number of carbonyl (C=O) groups is 2. The number of thioether (sulfide) groups is 1. The summed E-state index contributed by atoms with van der Waals surface area (Å²) >= 11 is 1.39. The maximum Gasteiger partial charge on any atom is 0.205 e. The van der Waals surface area contributed by atoms with Crippen LogP contribution in [0.25, 0.3) is 0 Å². The molecule has 6 heteroatoms. The minimum absolute atomic E-state index is 0.134. The molecule has 2 rings (SSSR count). The van der Waals surface area contributed by atoms with E-state index in [4.69, 9.17) is 5.11 Å². The molecule has 0 saturated carbocycles. The maximum absolute atomic E-state index is 12.0. The molecule has 0 fully saturated rings. The number of allylic oxidation sites excluding steroid dienone is 2. The van der Waals surface area contributed by atoms with Crippen molar-refractivity contribution in [2.75, 3.05) is 12.4 Å². The summed E-state index contributed by atoms with van der Waals surface area (Å²) in [5.41, 5.74) is 0.644. The molecule has 0 amide bonds. The van der Waals surface area contributed by atoms with Crippen LogP contribution in [0.3, 0.4) is 0 Å². The van der Waals surface area contributed by atoms with E-state index in [9.17, 15) is 9.59 Å². The van der Waals surface area contributed by atoms with Crippen LogP contribution >= 0.6 is 11.8 Å². The van der Waals surface area contributed by atoms with Gasteiger partial charge < -0.3 is 5.11 Å². The molecule has 1 aliphatic carbocycles. The van der Waals surface area contributed by atoms with Crippen LogP contribution in [0.15, 0.2) is 17.2 Å². The third kappa shape index (κ3) is 2.70. The lowest BCUT2D eigenvalue weighted by atomic mass is 10.0. The lowest BCUT2D eigenvalue weighted by Gasteiger charge is -2.10. The third-order valence-electron chi connectivity index (χ3n) is 2.68. The number of unbranched alkanes of at least 4 members (excludes halogenated alkanes) is 2. The Balaban J connectivity index is 1.94. The molecule has 96 valence electrons. The number of carbonyl (C=O) groups excluding carboxylic acids is 2. The van der Waals surface area contributed by atoms with Gasteiger partial charge in [0.15, 0.2) is 0 Å². The standard InChI is InChI=1S/C12H14N2O3S/c15-4-2-1-3-5-18-10-6-9(16)11-8(12(10)17)7-13-14-11/h6-7,15H,1-5H2,(H,13,14). The van der Waals surface area contributed by atoms with Crippen LogP contribution in [0.2, 0.25) is 0 Å². The van der Waals surface area contributed by atoms with Crippen molar-refractivity contribution in [1.82, 2.24) is 10.2 Å². The molecule has 1 aliphatic rings. The molecule has 18 heavy (non-hydrogen) atoms. The summed E-state index contributed by atoms with van der Waals surface area (Å²) in [7, 11) is 0. The zero-order valence-electron chi connectivity index (χ0n) is 9.81. The van der Waals surface area contributed by atoms with Crippen LogP contribution in [-0.2, 0) is 0 Å². The SMILES string of the molecule is O=C1C(SCCCCCO)=CC(=O)c2[nH]ncc21. The van der Waals surface area contributed by atoms with Crippen LogP contribution in [0, 0.1) is 0 Å². The monoisotopic (exact) mass is 266 g/mol. The summed E-state index contributed by atoms with van der Waals surface area (Å²) in [4.78, 5) is 24.2. The Kier molecular flexibility index (Phi) is 4.33. The molecule has 0 atom stereocenters. The second-order valence-corrected chi connectivity index (χ2v) is 5.13. The summed E-state index contributed by atoms with van der Waals surface area (Å²) in [6.07, 6.45) is 5.39. The van der Waals surface area contributed by atoms with E-state index in [0.717, 1.165) is 25.0 Å². The molecule has 0 aromatic carbocycles. The summed E-state index contributed by atoms with van der Waals surface area (Å²) in [6, 6.07) is 0. The number of H-pyrrole nitrogens is 1. The number of fused-ring (bicyclic) bond motifs is 1. The minimum Gasteiger partial charge on any atom is -0.396 e. The van der Waals surface area contributed by atoms with Gasteiger partial charge in [0.1, 0.15) is 5.69 Å². The number of aromatic nitrogens is 2. The molecule has 2 N–H and O–H groups in total. The fourth-order valence-electron chi connectivity index (χ4n) is 1.72. The van der Waals surface area contributed by atoms with Crippen molar-refractivity contribution >= 4 is 23.3 Å². The Hall–Kier alpha value is -1.40. The number of rotatable bonds is 6. The summed E-state index contributed by atoms with van der Waals surface area (Å²) in [6.45, 7) is 0.198. The highest BCUT2D eigenvalue weighted by Crippen LogP contribution is 2.27. The van der Waals surface area contributed by atoms with E-state index < -0.39 is 0 Å². The van der Waals surface area contributed by atoms with Crippen LogP contribution in [0.1, 0.15) is 40.1 Å². The molecule has 1 aromatic heterocycles. The van der Waals surface area contributed by atoms with Gasteiger partial charge in [-0.1, -0.05) is 6.42 Å². The summed E-state index contributed by atoms with van der Waals surface area (Å²) in [5.74, 6) is 0.448. The van der Waals surface area contributed by atoms with Gasteiger partial charge in [-0.2, -0.15) is 5.10 Å². The van der Waals surface area contributed by atoms with Gasteiger partial charge in [0.2, 0.25) is 11.6 Å². The average molecular weight is 266 g/mol. The molecule has 0 radical (unpaired) electrons. The van der Waals surface area contributed by atoms with E-state index in [1.165, 1.54) is 24.0 Å². The fraction of sp³-hybridized carbons (Fsp3) is 0.417. The Morgan fingerprint density at radius 1 is 1.28 bits per heavy atom. The zero-order valence-corrected chi connectivity index (χ0v) is 10.6. The van der Waals surface area contributed by atoms with Crippen LogP contribution < -0.4 is 0 Å². The highest BCUT2D eigenvalue weighted by atomic mass is 32.2. The van der Waals surface area contributed by atoms with Crippen molar-refractivity contribution < 1.29 is 14.7 Å². The summed E-state index contributed by atoms with van der Waals surface area (Å²) < 4.78 is 0. The first-order valence-corrected chi connectivity index (χ1v) is 6.80. The van der Waals surface area contributed by atoms with Gasteiger partial charge in [-0.3, -0.25) is 14.7 Å². The van der Waals surface area contributed by atoms with E-state index in [2.05, 4.69) is 10.2 Å². The van der Waals surface area contributed by atoms with Crippen molar-refractivity contribution in [2.24, 2.45) is 0 Å². The summed E-state index contributed by atoms with van der Waals surface area (Å²) in [5, 5.41) is 14.9. The van der Waals surface area contributed by atoms with Gasteiger partial charge >= 0.3 is 0 Å². The minimum atomic E-state index is -0.194. The largest absolute Gasteiger partial charge is 0.396 e. The Labute approximate surface area is 109 Å². The van der Waals surface area contributed by atoms with Crippen molar-refractivity contribution in [1.29, 1.82) is 0 Å². The number of nitrogens with one attached hydrogen (secondary N) is 1. The number of nitrogens with zero attached hydrogens (tertiary/aromatic N) is 1. The number of Topliss-reactive ketones (excluding diaryl/α,β-unsaturated/α-hetero) is 1. The highest BCUT2D eigenvalue weighted by molar-refractivity contribution is 8.04. The Morgan fingerprint density at radius 3 is 2.89 bits per heavy atom. The van der Waals surface area contributed by atoms with E-state index in [-0.39, 0.29) is 23.9 Å². The first-order chi connectivity index (χ1) is 8.74. The molecule has 1 heterocycles. The van der Waals surface area contributed by atoms with Gasteiger partial charge in [0, 0.05) is 12.7 Å². The van der Waals surface area contributed by atoms with Crippen molar-refractivity contribution in [2.45, 2.75) is 19.3 Å². The van der Waals surface area contributed by atoms with Gasteiger partial charge in [0.05, 0.1) is 16.7 Å². The second-order valence-electron chi connectivity index (χ2n) is 3.99. The first kappa shape index (κ1) is 13.0. The van der Waals surface area contributed by atoms with Gasteiger partial charge in [-0.15, -0.1) is 11.8 Å². The Morgan fingerprint density at radius 2 is 2.11 bits per heavy atom. The predicted molar refractivity (Wildman–Crippen MR) is 68.7 cm³/mol. The smallest absolute Gasteiger partial charge is 0.205 e. The fourth-order valence-corrected chi connectivity index (χ4v) is 2.72. The molecule has 0 spiro atoms. The average Bonchev–Trinajstić information content (AvgIpc) is 2.84. The maximum atomic E-state index is 12.0. The number of ketones is 2. The molecule has 0 aliphatic heterocycles. The molecular formula is C12H14N2O3S. The molecule has 0 bridgehead atoms. The quantitative estimate of drug-likeness (QED) is 0.764. The predicted octanol–water partition coefficient (Wildman–Crippen LogP) is 1.57. The lowest BCUT2D eigenvalue weighted by molar-refractivity contribution is 0.0989. The molecule has 0 saturated heterocycles. The molecule has 5 nitrogen and oxygen atoms in total. The van der Waals surface area contributed by atoms with Crippen molar-refractivity contribution in [3.63, 3.8) is 0 Å². The van der Waals surface area contributed by atoms with E-state index in [1.54, 1.807) is 0 Å². The molecular weight excluding hydrogens is 252 g/mol. The molecule has 1 aromatic rings. The normalized spacial score (nSPS) is 14.6. The van der Waals surface area contributed by atoms with Crippen LogP contribution in [0.5, 0.6) is 0 Å².